The molecule has 2 rings (SSSR count). The fourth-order valence-corrected chi connectivity index (χ4v) is 2.14. The largest absolute Gasteiger partial charge is 0.511 e. The third-order valence-corrected chi connectivity index (χ3v) is 3.33. The average Bonchev–Trinajstić information content (AvgIpc) is 3.01. The molecule has 0 amide bonds. The summed E-state index contributed by atoms with van der Waals surface area (Å²) in [5.41, 5.74) is 2.81. The number of aryl methyl sites for hydroxylation is 3. The van der Waals surface area contributed by atoms with E-state index in [1.165, 1.54) is 11.8 Å². The smallest absolute Gasteiger partial charge is 0.438 e. The first-order chi connectivity index (χ1) is 11.9. The summed E-state index contributed by atoms with van der Waals surface area (Å²) in [5.74, 6) is 0.543. The highest BCUT2D eigenvalue weighted by Gasteiger charge is 2.18. The number of carbonyl (C=O) groups excluding carboxylic acids is 1. The second-order valence-electron chi connectivity index (χ2n) is 5.29. The summed E-state index contributed by atoms with van der Waals surface area (Å²) in [5, 5.41) is 11.3. The van der Waals surface area contributed by atoms with E-state index in [0.717, 1.165) is 16.7 Å². The molecule has 1 heterocycles. The van der Waals surface area contributed by atoms with Crippen LogP contribution in [0.4, 0.5) is 10.7 Å². The van der Waals surface area contributed by atoms with Gasteiger partial charge in [0.15, 0.2) is 0 Å². The second kappa shape index (κ2) is 8.22. The fourth-order valence-electron chi connectivity index (χ4n) is 2.14. The van der Waals surface area contributed by atoms with E-state index >= 15 is 0 Å². The first-order valence-electron chi connectivity index (χ1n) is 7.78. The minimum Gasteiger partial charge on any atom is -0.438 e. The molecule has 0 aliphatic rings. The molecule has 134 valence electrons. The Balaban J connectivity index is 2.39. The molecule has 0 bridgehead atoms. The summed E-state index contributed by atoms with van der Waals surface area (Å²) in [6.45, 7) is 7.96. The summed E-state index contributed by atoms with van der Waals surface area (Å²) in [6, 6.07) is 5.83. The van der Waals surface area contributed by atoms with E-state index in [-0.39, 0.29) is 5.90 Å². The van der Waals surface area contributed by atoms with E-state index in [0.29, 0.717) is 12.5 Å². The van der Waals surface area contributed by atoms with Gasteiger partial charge in [-0.1, -0.05) is 22.8 Å². The molecular formula is C16H21N5O4. The maximum Gasteiger partial charge on any atom is 0.511 e. The Labute approximate surface area is 145 Å². The van der Waals surface area contributed by atoms with Gasteiger partial charge in [-0.25, -0.2) is 9.48 Å². The SMILES string of the molecule is CCn1nnnc1N=C(OC(C)OC(=O)OC)c1ccc(C)cc1C. The minimum absolute atomic E-state index is 0.249. The number of methoxy groups -OCH3 is 1. The Morgan fingerprint density at radius 2 is 2.08 bits per heavy atom. The Bertz CT molecular complexity index is 772. The van der Waals surface area contributed by atoms with Crippen LogP contribution in [0.3, 0.4) is 0 Å². The molecule has 0 fully saturated rings. The van der Waals surface area contributed by atoms with Crippen molar-refractivity contribution in [1.82, 2.24) is 20.2 Å². The number of tetrazole rings is 1. The molecule has 2 aromatic rings. The Kier molecular flexibility index (Phi) is 6.04. The first kappa shape index (κ1) is 18.4. The van der Waals surface area contributed by atoms with Crippen molar-refractivity contribution in [3.8, 4) is 0 Å². The zero-order chi connectivity index (χ0) is 18.4. The summed E-state index contributed by atoms with van der Waals surface area (Å²) in [4.78, 5) is 15.7. The molecule has 0 spiro atoms. The number of carbonyl (C=O) groups is 1. The summed E-state index contributed by atoms with van der Waals surface area (Å²) in [6.07, 6.45) is -1.75. The monoisotopic (exact) mass is 347 g/mol. The van der Waals surface area contributed by atoms with Crippen LogP contribution in [-0.4, -0.2) is 45.7 Å². The van der Waals surface area contributed by atoms with E-state index in [1.807, 2.05) is 39.0 Å². The van der Waals surface area contributed by atoms with Gasteiger partial charge in [-0.2, -0.15) is 4.99 Å². The maximum absolute atomic E-state index is 11.3. The van der Waals surface area contributed by atoms with Crippen LogP contribution in [0.1, 0.15) is 30.5 Å². The molecular weight excluding hydrogens is 326 g/mol. The lowest BCUT2D eigenvalue weighted by atomic mass is 10.1. The Morgan fingerprint density at radius 1 is 1.32 bits per heavy atom. The first-order valence-corrected chi connectivity index (χ1v) is 7.78. The number of aliphatic imine (C=N–C) groups is 1. The van der Waals surface area contributed by atoms with Crippen molar-refractivity contribution in [2.24, 2.45) is 4.99 Å². The number of hydrogen-bond donors (Lipinski definition) is 0. The van der Waals surface area contributed by atoms with Gasteiger partial charge < -0.3 is 14.2 Å². The van der Waals surface area contributed by atoms with Gasteiger partial charge in [0, 0.05) is 19.0 Å². The number of nitrogens with zero attached hydrogens (tertiary/aromatic N) is 5. The second-order valence-corrected chi connectivity index (χ2v) is 5.29. The van der Waals surface area contributed by atoms with Gasteiger partial charge in [0.05, 0.1) is 7.11 Å². The average molecular weight is 347 g/mol. The van der Waals surface area contributed by atoms with Gasteiger partial charge in [0.1, 0.15) is 0 Å². The van der Waals surface area contributed by atoms with Gasteiger partial charge in [0.25, 0.3) is 5.95 Å². The molecule has 1 unspecified atom stereocenters. The highest BCUT2D eigenvalue weighted by atomic mass is 16.8. The predicted octanol–water partition coefficient (Wildman–Crippen LogP) is 2.53. The van der Waals surface area contributed by atoms with Crippen LogP contribution in [0.25, 0.3) is 0 Å². The Morgan fingerprint density at radius 3 is 2.72 bits per heavy atom. The fraction of sp³-hybridized carbons (Fsp3) is 0.438. The molecule has 0 aliphatic carbocycles. The summed E-state index contributed by atoms with van der Waals surface area (Å²) in [7, 11) is 1.23. The highest BCUT2D eigenvalue weighted by molar-refractivity contribution is 5.96. The van der Waals surface area contributed by atoms with Crippen LogP contribution in [0.5, 0.6) is 0 Å². The lowest BCUT2D eigenvalue weighted by molar-refractivity contribution is -0.0537. The van der Waals surface area contributed by atoms with Crippen LogP contribution in [0.15, 0.2) is 23.2 Å². The van der Waals surface area contributed by atoms with Crippen molar-refractivity contribution in [3.63, 3.8) is 0 Å². The van der Waals surface area contributed by atoms with Crippen LogP contribution in [-0.2, 0) is 20.8 Å². The van der Waals surface area contributed by atoms with Gasteiger partial charge in [-0.15, -0.1) is 0 Å². The van der Waals surface area contributed by atoms with Crippen LogP contribution in [0.2, 0.25) is 0 Å². The molecule has 9 heteroatoms. The van der Waals surface area contributed by atoms with Gasteiger partial charge in [-0.05, 0) is 42.8 Å². The van der Waals surface area contributed by atoms with Crippen LogP contribution < -0.4 is 0 Å². The van der Waals surface area contributed by atoms with Crippen LogP contribution in [0, 0.1) is 13.8 Å². The molecule has 0 N–H and O–H groups in total. The van der Waals surface area contributed by atoms with E-state index in [4.69, 9.17) is 9.47 Å². The molecule has 1 atom stereocenters. The van der Waals surface area contributed by atoms with Gasteiger partial charge in [0.2, 0.25) is 12.2 Å². The highest BCUT2D eigenvalue weighted by Crippen LogP contribution is 2.17. The van der Waals surface area contributed by atoms with Crippen molar-refractivity contribution < 1.29 is 19.0 Å². The van der Waals surface area contributed by atoms with E-state index in [9.17, 15) is 4.79 Å². The van der Waals surface area contributed by atoms with Crippen molar-refractivity contribution in [3.05, 3.63) is 34.9 Å². The van der Waals surface area contributed by atoms with Gasteiger partial charge in [-0.3, -0.25) is 0 Å². The standard InChI is InChI=1S/C16H21N5O4/c1-6-21-15(18-19-20-21)17-14(24-12(4)25-16(22)23-5)13-8-7-10(2)9-11(13)3/h7-9,12H,6H2,1-5H3. The van der Waals surface area contributed by atoms with Crippen molar-refractivity contribution >= 4 is 18.0 Å². The molecule has 9 nitrogen and oxygen atoms in total. The molecule has 0 saturated heterocycles. The molecule has 1 aromatic carbocycles. The topological polar surface area (TPSA) is 101 Å². The molecule has 0 saturated carbocycles. The number of ether oxygens (including phenoxy) is 3. The lowest BCUT2D eigenvalue weighted by Gasteiger charge is -2.17. The predicted molar refractivity (Wildman–Crippen MR) is 89.6 cm³/mol. The Hall–Kier alpha value is -2.97. The molecule has 0 aliphatic heterocycles. The van der Waals surface area contributed by atoms with E-state index < -0.39 is 12.4 Å². The molecule has 0 radical (unpaired) electrons. The zero-order valence-corrected chi connectivity index (χ0v) is 14.9. The minimum atomic E-state index is -0.905. The van der Waals surface area contributed by atoms with Crippen molar-refractivity contribution in [1.29, 1.82) is 0 Å². The number of aromatic nitrogens is 4. The third kappa shape index (κ3) is 4.75. The third-order valence-electron chi connectivity index (χ3n) is 3.33. The number of hydrogen-bond acceptors (Lipinski definition) is 8. The number of benzene rings is 1. The quantitative estimate of drug-likeness (QED) is 0.354. The van der Waals surface area contributed by atoms with Crippen molar-refractivity contribution in [2.75, 3.05) is 7.11 Å². The number of rotatable bonds is 5. The van der Waals surface area contributed by atoms with Gasteiger partial charge >= 0.3 is 6.16 Å². The summed E-state index contributed by atoms with van der Waals surface area (Å²) < 4.78 is 16.7. The van der Waals surface area contributed by atoms with E-state index in [1.54, 1.807) is 6.92 Å². The lowest BCUT2D eigenvalue weighted by Crippen LogP contribution is -2.23. The van der Waals surface area contributed by atoms with Crippen LogP contribution >= 0.6 is 0 Å². The maximum atomic E-state index is 11.3. The zero-order valence-electron chi connectivity index (χ0n) is 14.9. The molecule has 25 heavy (non-hydrogen) atoms. The molecule has 1 aromatic heterocycles. The normalized spacial score (nSPS) is 12.6. The summed E-state index contributed by atoms with van der Waals surface area (Å²) >= 11 is 0. The van der Waals surface area contributed by atoms with Crippen molar-refractivity contribution in [2.45, 2.75) is 40.5 Å². The van der Waals surface area contributed by atoms with E-state index in [2.05, 4.69) is 25.3 Å².